The van der Waals surface area contributed by atoms with Gasteiger partial charge in [-0.25, -0.2) is 4.98 Å². The predicted molar refractivity (Wildman–Crippen MR) is 82.7 cm³/mol. The fourth-order valence-corrected chi connectivity index (χ4v) is 3.56. The van der Waals surface area contributed by atoms with Crippen LogP contribution in [0.4, 0.5) is 0 Å². The van der Waals surface area contributed by atoms with E-state index in [1.165, 1.54) is 12.4 Å². The lowest BCUT2D eigenvalue weighted by atomic mass is 9.78. The quantitative estimate of drug-likeness (QED) is 0.811. The van der Waals surface area contributed by atoms with Crippen LogP contribution in [0.15, 0.2) is 18.6 Å². The maximum Gasteiger partial charge on any atom is 0.274 e. The van der Waals surface area contributed by atoms with Gasteiger partial charge in [-0.1, -0.05) is 0 Å². The third-order valence-electron chi connectivity index (χ3n) is 4.81. The average Bonchev–Trinajstić information content (AvgIpc) is 2.89. The lowest BCUT2D eigenvalue weighted by molar-refractivity contribution is -0.138. The summed E-state index contributed by atoms with van der Waals surface area (Å²) in [5, 5.41) is 0. The highest BCUT2D eigenvalue weighted by molar-refractivity contribution is 5.93. The van der Waals surface area contributed by atoms with Crippen LogP contribution >= 0.6 is 0 Å². The monoisotopic (exact) mass is 318 g/mol. The number of carbonyl (C=O) groups is 2. The molecule has 2 fully saturated rings. The van der Waals surface area contributed by atoms with Gasteiger partial charge in [0.25, 0.3) is 5.91 Å². The summed E-state index contributed by atoms with van der Waals surface area (Å²) in [6.07, 6.45) is 7.03. The smallest absolute Gasteiger partial charge is 0.274 e. The van der Waals surface area contributed by atoms with Gasteiger partial charge in [0.05, 0.1) is 18.2 Å². The number of methoxy groups -OCH3 is 1. The number of aromatic nitrogens is 2. The fourth-order valence-electron chi connectivity index (χ4n) is 3.56. The van der Waals surface area contributed by atoms with Crippen molar-refractivity contribution >= 4 is 11.8 Å². The fraction of sp³-hybridized carbons (Fsp3) is 0.625. The van der Waals surface area contributed by atoms with Crippen LogP contribution in [0.3, 0.4) is 0 Å². The van der Waals surface area contributed by atoms with E-state index >= 15 is 0 Å². The first-order chi connectivity index (χ1) is 11.2. The Morgan fingerprint density at radius 2 is 2.22 bits per heavy atom. The van der Waals surface area contributed by atoms with E-state index in [1.54, 1.807) is 18.2 Å². The van der Waals surface area contributed by atoms with E-state index in [9.17, 15) is 9.59 Å². The van der Waals surface area contributed by atoms with Crippen LogP contribution < -0.4 is 0 Å². The van der Waals surface area contributed by atoms with Crippen molar-refractivity contribution in [2.24, 2.45) is 5.41 Å². The molecule has 23 heavy (non-hydrogen) atoms. The normalized spacial score (nSPS) is 24.5. The van der Waals surface area contributed by atoms with Crippen molar-refractivity contribution in [1.29, 1.82) is 0 Å². The molecule has 2 aliphatic rings. The molecule has 0 bridgehead atoms. The first-order valence-corrected chi connectivity index (χ1v) is 8.00. The number of rotatable bonds is 4. The Morgan fingerprint density at radius 1 is 1.35 bits per heavy atom. The summed E-state index contributed by atoms with van der Waals surface area (Å²) < 4.78 is 5.07. The van der Waals surface area contributed by atoms with Gasteiger partial charge in [-0.2, -0.15) is 0 Å². The summed E-state index contributed by atoms with van der Waals surface area (Å²) in [6.45, 7) is 3.06. The molecule has 124 valence electrons. The molecule has 0 N–H and O–H groups in total. The second-order valence-electron chi connectivity index (χ2n) is 6.24. The summed E-state index contributed by atoms with van der Waals surface area (Å²) in [5.74, 6) is 0.0199. The zero-order valence-electron chi connectivity index (χ0n) is 13.4. The molecule has 2 saturated heterocycles. The van der Waals surface area contributed by atoms with Crippen LogP contribution in [-0.2, 0) is 9.53 Å². The van der Waals surface area contributed by atoms with Crippen molar-refractivity contribution in [2.45, 2.75) is 19.3 Å². The Kier molecular flexibility index (Phi) is 4.56. The summed E-state index contributed by atoms with van der Waals surface area (Å²) in [6, 6.07) is 0. The highest BCUT2D eigenvalue weighted by atomic mass is 16.5. The first kappa shape index (κ1) is 15.9. The molecule has 3 rings (SSSR count). The molecule has 0 saturated carbocycles. The van der Waals surface area contributed by atoms with Gasteiger partial charge in [0.15, 0.2) is 0 Å². The lowest BCUT2D eigenvalue weighted by Crippen LogP contribution is -2.50. The molecule has 3 heterocycles. The topological polar surface area (TPSA) is 75.6 Å². The number of carbonyl (C=O) groups excluding carboxylic acids is 2. The van der Waals surface area contributed by atoms with E-state index < -0.39 is 5.41 Å². The summed E-state index contributed by atoms with van der Waals surface area (Å²) in [5.41, 5.74) is -0.0876. The van der Waals surface area contributed by atoms with Crippen molar-refractivity contribution in [3.05, 3.63) is 24.3 Å². The summed E-state index contributed by atoms with van der Waals surface area (Å²) in [7, 11) is 1.64. The maximum absolute atomic E-state index is 12.8. The molecule has 0 aromatic carbocycles. The van der Waals surface area contributed by atoms with E-state index in [1.807, 2.05) is 4.90 Å². The molecular weight excluding hydrogens is 296 g/mol. The number of hydrogen-bond donors (Lipinski definition) is 0. The van der Waals surface area contributed by atoms with Crippen molar-refractivity contribution < 1.29 is 14.3 Å². The first-order valence-electron chi connectivity index (χ1n) is 8.00. The van der Waals surface area contributed by atoms with Crippen LogP contribution in [-0.4, -0.2) is 71.5 Å². The number of amides is 2. The molecule has 1 spiro atoms. The zero-order chi connectivity index (χ0) is 16.3. The van der Waals surface area contributed by atoms with Crippen LogP contribution in [0.25, 0.3) is 0 Å². The van der Waals surface area contributed by atoms with Gasteiger partial charge in [-0.3, -0.25) is 14.6 Å². The van der Waals surface area contributed by atoms with Crippen molar-refractivity contribution in [3.8, 4) is 0 Å². The second kappa shape index (κ2) is 6.62. The molecule has 0 radical (unpaired) electrons. The third kappa shape index (κ3) is 3.06. The standard InChI is InChI=1S/C16H22N4O3/c1-23-10-9-19-8-4-16(15(19)22)3-2-7-20(12-16)14(21)13-11-17-5-6-18-13/h5-6,11H,2-4,7-10,12H2,1H3. The van der Waals surface area contributed by atoms with Gasteiger partial charge in [-0.05, 0) is 19.3 Å². The van der Waals surface area contributed by atoms with Gasteiger partial charge in [0.2, 0.25) is 5.91 Å². The minimum atomic E-state index is -0.427. The maximum atomic E-state index is 12.8. The highest BCUT2D eigenvalue weighted by Gasteiger charge is 2.49. The Hall–Kier alpha value is -2.02. The number of nitrogens with zero attached hydrogens (tertiary/aromatic N) is 4. The molecule has 2 amide bonds. The van der Waals surface area contributed by atoms with E-state index in [2.05, 4.69) is 9.97 Å². The molecule has 1 unspecified atom stereocenters. The van der Waals surface area contributed by atoms with E-state index in [4.69, 9.17) is 4.74 Å². The van der Waals surface area contributed by atoms with Crippen molar-refractivity contribution in [2.75, 3.05) is 39.9 Å². The molecule has 7 heteroatoms. The molecule has 7 nitrogen and oxygen atoms in total. The van der Waals surface area contributed by atoms with Crippen molar-refractivity contribution in [1.82, 2.24) is 19.8 Å². The minimum Gasteiger partial charge on any atom is -0.383 e. The molecule has 1 aromatic rings. The number of likely N-dealkylation sites (tertiary alicyclic amines) is 2. The lowest BCUT2D eigenvalue weighted by Gasteiger charge is -2.38. The molecule has 0 aliphatic carbocycles. The third-order valence-corrected chi connectivity index (χ3v) is 4.81. The van der Waals surface area contributed by atoms with Crippen LogP contribution in [0.1, 0.15) is 29.8 Å². The predicted octanol–water partition coefficient (Wildman–Crippen LogP) is 0.578. The zero-order valence-corrected chi connectivity index (χ0v) is 13.4. The van der Waals surface area contributed by atoms with Gasteiger partial charge in [-0.15, -0.1) is 0 Å². The highest BCUT2D eigenvalue weighted by Crippen LogP contribution is 2.40. The summed E-state index contributed by atoms with van der Waals surface area (Å²) >= 11 is 0. The Balaban J connectivity index is 1.71. The number of hydrogen-bond acceptors (Lipinski definition) is 5. The van der Waals surface area contributed by atoms with Gasteiger partial charge < -0.3 is 14.5 Å². The van der Waals surface area contributed by atoms with Gasteiger partial charge >= 0.3 is 0 Å². The second-order valence-corrected chi connectivity index (χ2v) is 6.24. The van der Waals surface area contributed by atoms with Gasteiger partial charge in [0.1, 0.15) is 5.69 Å². The number of ether oxygens (including phenoxy) is 1. The van der Waals surface area contributed by atoms with Crippen LogP contribution in [0.2, 0.25) is 0 Å². The largest absolute Gasteiger partial charge is 0.383 e. The molecular formula is C16H22N4O3. The SMILES string of the molecule is COCCN1CCC2(CCCN(C(=O)c3cnccn3)C2)C1=O. The Labute approximate surface area is 135 Å². The van der Waals surface area contributed by atoms with Crippen LogP contribution in [0, 0.1) is 5.41 Å². The van der Waals surface area contributed by atoms with E-state index in [0.29, 0.717) is 31.9 Å². The summed E-state index contributed by atoms with van der Waals surface area (Å²) in [4.78, 5) is 37.0. The Bertz CT molecular complexity index is 580. The number of piperidine rings is 1. The van der Waals surface area contributed by atoms with E-state index in [0.717, 1.165) is 25.8 Å². The van der Waals surface area contributed by atoms with Crippen molar-refractivity contribution in [3.63, 3.8) is 0 Å². The Morgan fingerprint density at radius 3 is 2.96 bits per heavy atom. The molecule has 2 aliphatic heterocycles. The van der Waals surface area contributed by atoms with Gasteiger partial charge in [0, 0.05) is 45.7 Å². The molecule has 1 aromatic heterocycles. The average molecular weight is 318 g/mol. The minimum absolute atomic E-state index is 0.139. The van der Waals surface area contributed by atoms with E-state index in [-0.39, 0.29) is 11.8 Å². The molecule has 1 atom stereocenters. The van der Waals surface area contributed by atoms with Crippen LogP contribution in [0.5, 0.6) is 0 Å².